The molecule has 1 heterocycles. The van der Waals surface area contributed by atoms with Gasteiger partial charge in [-0.05, 0) is 19.4 Å². The van der Waals surface area contributed by atoms with Gasteiger partial charge < -0.3 is 10.0 Å². The van der Waals surface area contributed by atoms with Crippen LogP contribution in [-0.2, 0) is 0 Å². The zero-order chi connectivity index (χ0) is 14.2. The first-order valence-corrected chi connectivity index (χ1v) is 6.14. The van der Waals surface area contributed by atoms with Gasteiger partial charge in [-0.2, -0.15) is 0 Å². The molecule has 0 spiro atoms. The van der Waals surface area contributed by atoms with E-state index in [9.17, 15) is 20.0 Å². The Morgan fingerprint density at radius 1 is 1.58 bits per heavy atom. The van der Waals surface area contributed by atoms with Crippen LogP contribution in [0.1, 0.15) is 23.7 Å². The van der Waals surface area contributed by atoms with E-state index in [1.165, 1.54) is 23.1 Å². The second-order valence-corrected chi connectivity index (χ2v) is 5.27. The summed E-state index contributed by atoms with van der Waals surface area (Å²) in [6, 6.07) is 4.11. The van der Waals surface area contributed by atoms with Crippen LogP contribution in [0, 0.1) is 10.1 Å². The molecule has 1 aliphatic rings. The van der Waals surface area contributed by atoms with Gasteiger partial charge in [-0.25, -0.2) is 0 Å². The average Bonchev–Trinajstić information content (AvgIpc) is 2.68. The second-order valence-electron chi connectivity index (χ2n) is 4.86. The number of benzene rings is 1. The number of amides is 1. The minimum absolute atomic E-state index is 0.0470. The quantitative estimate of drug-likeness (QED) is 0.663. The van der Waals surface area contributed by atoms with Crippen molar-refractivity contribution in [2.24, 2.45) is 0 Å². The smallest absolute Gasteiger partial charge is 0.283 e. The van der Waals surface area contributed by atoms with Crippen LogP contribution in [0.25, 0.3) is 0 Å². The molecule has 1 fully saturated rings. The third-order valence-corrected chi connectivity index (χ3v) is 3.46. The minimum Gasteiger partial charge on any atom is -0.388 e. The number of hydrogen-bond donors (Lipinski definition) is 1. The summed E-state index contributed by atoms with van der Waals surface area (Å²) in [5, 5.41) is 20.8. The standard InChI is InChI=1S/C12H13ClN2O4/c1-12(17)5-6-14(7-12)11(16)10-8(13)3-2-4-9(10)15(18)19/h2-4,17H,5-7H2,1H3/t12-/m1/s1. The van der Waals surface area contributed by atoms with Gasteiger partial charge in [-0.15, -0.1) is 0 Å². The van der Waals surface area contributed by atoms with Crippen molar-refractivity contribution in [3.63, 3.8) is 0 Å². The van der Waals surface area contributed by atoms with Gasteiger partial charge in [0.15, 0.2) is 0 Å². The summed E-state index contributed by atoms with van der Waals surface area (Å²) in [6.07, 6.45) is 0.441. The Balaban J connectivity index is 2.37. The maximum Gasteiger partial charge on any atom is 0.283 e. The molecule has 19 heavy (non-hydrogen) atoms. The van der Waals surface area contributed by atoms with Gasteiger partial charge in [-0.1, -0.05) is 17.7 Å². The van der Waals surface area contributed by atoms with Gasteiger partial charge >= 0.3 is 0 Å². The third kappa shape index (κ3) is 2.69. The lowest BCUT2D eigenvalue weighted by atomic mass is 10.1. The van der Waals surface area contributed by atoms with Gasteiger partial charge in [0.25, 0.3) is 11.6 Å². The fraction of sp³-hybridized carbons (Fsp3) is 0.417. The topological polar surface area (TPSA) is 83.7 Å². The first-order chi connectivity index (χ1) is 8.82. The molecule has 6 nitrogen and oxygen atoms in total. The van der Waals surface area contributed by atoms with Crippen molar-refractivity contribution in [2.45, 2.75) is 18.9 Å². The first kappa shape index (κ1) is 13.8. The molecule has 1 amide bonds. The lowest BCUT2D eigenvalue weighted by molar-refractivity contribution is -0.385. The highest BCUT2D eigenvalue weighted by Gasteiger charge is 2.37. The monoisotopic (exact) mass is 284 g/mol. The molecule has 1 N–H and O–H groups in total. The molecule has 1 aromatic rings. The Hall–Kier alpha value is -1.66. The summed E-state index contributed by atoms with van der Waals surface area (Å²) in [7, 11) is 0. The predicted octanol–water partition coefficient (Wildman–Crippen LogP) is 1.85. The lowest BCUT2D eigenvalue weighted by Crippen LogP contribution is -2.34. The number of β-amino-alcohol motifs (C(OH)–C–C–N with tert-alkyl or cyclic N) is 1. The summed E-state index contributed by atoms with van der Waals surface area (Å²) >= 11 is 5.90. The molecular formula is C12H13ClN2O4. The van der Waals surface area contributed by atoms with Crippen molar-refractivity contribution in [1.29, 1.82) is 0 Å². The number of hydrogen-bond acceptors (Lipinski definition) is 4. The highest BCUT2D eigenvalue weighted by molar-refractivity contribution is 6.34. The molecule has 0 saturated carbocycles. The minimum atomic E-state index is -0.953. The van der Waals surface area contributed by atoms with Crippen molar-refractivity contribution < 1.29 is 14.8 Å². The largest absolute Gasteiger partial charge is 0.388 e. The highest BCUT2D eigenvalue weighted by atomic mass is 35.5. The number of carbonyl (C=O) groups is 1. The Labute approximate surface area is 114 Å². The molecule has 102 valence electrons. The van der Waals surface area contributed by atoms with Crippen molar-refractivity contribution >= 4 is 23.2 Å². The van der Waals surface area contributed by atoms with E-state index in [0.717, 1.165) is 0 Å². The Kier molecular flexibility index (Phi) is 3.47. The summed E-state index contributed by atoms with van der Waals surface area (Å²) in [5.41, 5.74) is -1.39. The molecule has 0 aliphatic carbocycles. The SMILES string of the molecule is C[C@@]1(O)CCN(C(=O)c2c(Cl)cccc2[N+](=O)[O-])C1. The fourth-order valence-electron chi connectivity index (χ4n) is 2.15. The number of carbonyl (C=O) groups excluding carboxylic acids is 1. The molecule has 0 aromatic heterocycles. The Morgan fingerprint density at radius 3 is 2.79 bits per heavy atom. The van der Waals surface area contributed by atoms with Crippen molar-refractivity contribution in [3.8, 4) is 0 Å². The molecule has 0 bridgehead atoms. The molecule has 7 heteroatoms. The lowest BCUT2D eigenvalue weighted by Gasteiger charge is -2.19. The van der Waals surface area contributed by atoms with Crippen LogP contribution < -0.4 is 0 Å². The summed E-state index contributed by atoms with van der Waals surface area (Å²) in [6.45, 7) is 2.13. The van der Waals surface area contributed by atoms with Gasteiger partial charge in [0.1, 0.15) is 5.56 Å². The number of nitro benzene ring substituents is 1. The van der Waals surface area contributed by atoms with Crippen LogP contribution in [-0.4, -0.2) is 39.5 Å². The molecule has 1 aromatic carbocycles. The van der Waals surface area contributed by atoms with E-state index < -0.39 is 16.4 Å². The van der Waals surface area contributed by atoms with Gasteiger partial charge in [-0.3, -0.25) is 14.9 Å². The molecule has 0 radical (unpaired) electrons. The van der Waals surface area contributed by atoms with E-state index >= 15 is 0 Å². The van der Waals surface area contributed by atoms with E-state index in [2.05, 4.69) is 0 Å². The predicted molar refractivity (Wildman–Crippen MR) is 69.3 cm³/mol. The van der Waals surface area contributed by atoms with E-state index in [0.29, 0.717) is 13.0 Å². The van der Waals surface area contributed by atoms with Crippen LogP contribution in [0.4, 0.5) is 5.69 Å². The van der Waals surface area contributed by atoms with E-state index in [1.54, 1.807) is 6.92 Å². The van der Waals surface area contributed by atoms with Crippen molar-refractivity contribution in [3.05, 3.63) is 38.9 Å². The van der Waals surface area contributed by atoms with Gasteiger partial charge in [0, 0.05) is 19.2 Å². The van der Waals surface area contributed by atoms with Crippen LogP contribution in [0.5, 0.6) is 0 Å². The van der Waals surface area contributed by atoms with E-state index in [4.69, 9.17) is 11.6 Å². The van der Waals surface area contributed by atoms with Crippen molar-refractivity contribution in [2.75, 3.05) is 13.1 Å². The normalized spacial score (nSPS) is 22.6. The molecular weight excluding hydrogens is 272 g/mol. The zero-order valence-corrected chi connectivity index (χ0v) is 11.1. The highest BCUT2D eigenvalue weighted by Crippen LogP contribution is 2.30. The van der Waals surface area contributed by atoms with E-state index in [-0.39, 0.29) is 22.8 Å². The number of likely N-dealkylation sites (tertiary alicyclic amines) is 1. The molecule has 1 atom stereocenters. The first-order valence-electron chi connectivity index (χ1n) is 5.76. The van der Waals surface area contributed by atoms with Gasteiger partial charge in [0.2, 0.25) is 0 Å². The van der Waals surface area contributed by atoms with E-state index in [1.807, 2.05) is 0 Å². The van der Waals surface area contributed by atoms with Gasteiger partial charge in [0.05, 0.1) is 15.5 Å². The maximum absolute atomic E-state index is 12.3. The summed E-state index contributed by atoms with van der Waals surface area (Å²) in [4.78, 5) is 24.0. The zero-order valence-electron chi connectivity index (χ0n) is 10.3. The van der Waals surface area contributed by atoms with Crippen LogP contribution in [0.2, 0.25) is 5.02 Å². The summed E-state index contributed by atoms with van der Waals surface area (Å²) < 4.78 is 0. The van der Waals surface area contributed by atoms with Crippen molar-refractivity contribution in [1.82, 2.24) is 4.90 Å². The number of rotatable bonds is 2. The number of nitro groups is 1. The molecule has 1 saturated heterocycles. The summed E-state index contributed by atoms with van der Waals surface area (Å²) in [5.74, 6) is -0.518. The Bertz CT molecular complexity index is 545. The van der Waals surface area contributed by atoms with Crippen LogP contribution in [0.3, 0.4) is 0 Å². The Morgan fingerprint density at radius 2 is 2.26 bits per heavy atom. The number of aliphatic hydroxyl groups is 1. The maximum atomic E-state index is 12.3. The third-order valence-electron chi connectivity index (χ3n) is 3.14. The fourth-order valence-corrected chi connectivity index (χ4v) is 2.40. The number of halogens is 1. The van der Waals surface area contributed by atoms with Crippen LogP contribution >= 0.6 is 11.6 Å². The second kappa shape index (κ2) is 4.79. The van der Waals surface area contributed by atoms with Crippen LogP contribution in [0.15, 0.2) is 18.2 Å². The molecule has 0 unspecified atom stereocenters. The molecule has 1 aliphatic heterocycles. The average molecular weight is 285 g/mol. The molecule has 2 rings (SSSR count). The number of nitrogens with zero attached hydrogens (tertiary/aromatic N) is 2.